The van der Waals surface area contributed by atoms with Crippen molar-refractivity contribution in [2.75, 3.05) is 20.1 Å². The summed E-state index contributed by atoms with van der Waals surface area (Å²) in [5.41, 5.74) is 0. The molecular weight excluding hydrogens is 198 g/mol. The molecule has 0 aromatic carbocycles. The van der Waals surface area contributed by atoms with Crippen LogP contribution in [0.25, 0.3) is 0 Å². The minimum atomic E-state index is -0.732. The van der Waals surface area contributed by atoms with Crippen LogP contribution in [0.2, 0.25) is 0 Å². The number of nitrogens with one attached hydrogen (secondary N) is 1. The van der Waals surface area contributed by atoms with E-state index in [9.17, 15) is 14.4 Å². The van der Waals surface area contributed by atoms with E-state index in [2.05, 4.69) is 5.32 Å². The number of amides is 4. The maximum absolute atomic E-state index is 11.7. The van der Waals surface area contributed by atoms with Crippen molar-refractivity contribution >= 4 is 17.8 Å². The number of likely N-dealkylation sites (N-methyl/N-ethyl adjacent to an activating group) is 1. The standard InChI is InChI=1S/C9H15N3O3/c1-4-11(3)8(14)6(2)12-7(13)5-10-9(12)15/h6H,4-5H2,1-3H3,(H,10,15). The average Bonchev–Trinajstić information content (AvgIpc) is 2.55. The van der Waals surface area contributed by atoms with Gasteiger partial charge < -0.3 is 10.2 Å². The monoisotopic (exact) mass is 213 g/mol. The number of urea groups is 1. The molecule has 1 aliphatic heterocycles. The van der Waals surface area contributed by atoms with E-state index in [4.69, 9.17) is 0 Å². The number of rotatable bonds is 3. The lowest BCUT2D eigenvalue weighted by Gasteiger charge is -2.24. The Morgan fingerprint density at radius 2 is 2.20 bits per heavy atom. The van der Waals surface area contributed by atoms with Crippen molar-refractivity contribution in [2.45, 2.75) is 19.9 Å². The van der Waals surface area contributed by atoms with Gasteiger partial charge in [-0.25, -0.2) is 4.79 Å². The van der Waals surface area contributed by atoms with Crippen molar-refractivity contribution in [3.63, 3.8) is 0 Å². The molecule has 0 saturated carbocycles. The minimum Gasteiger partial charge on any atom is -0.344 e. The molecule has 15 heavy (non-hydrogen) atoms. The Kier molecular flexibility index (Phi) is 3.28. The number of hydrogen-bond acceptors (Lipinski definition) is 3. The Morgan fingerprint density at radius 1 is 1.60 bits per heavy atom. The second-order valence-corrected chi connectivity index (χ2v) is 3.45. The van der Waals surface area contributed by atoms with Gasteiger partial charge in [0, 0.05) is 13.6 Å². The van der Waals surface area contributed by atoms with Crippen LogP contribution >= 0.6 is 0 Å². The van der Waals surface area contributed by atoms with Crippen LogP contribution in [0.4, 0.5) is 4.79 Å². The summed E-state index contributed by atoms with van der Waals surface area (Å²) in [7, 11) is 1.64. The number of hydrogen-bond donors (Lipinski definition) is 1. The predicted molar refractivity (Wildman–Crippen MR) is 53.0 cm³/mol. The molecule has 1 fully saturated rings. The molecule has 6 heteroatoms. The molecule has 1 aliphatic rings. The Labute approximate surface area is 88.2 Å². The highest BCUT2D eigenvalue weighted by molar-refractivity contribution is 6.05. The molecule has 1 N–H and O–H groups in total. The third-order valence-corrected chi connectivity index (χ3v) is 2.47. The lowest BCUT2D eigenvalue weighted by atomic mass is 10.2. The SMILES string of the molecule is CCN(C)C(=O)C(C)N1C(=O)CNC1=O. The van der Waals surface area contributed by atoms with Gasteiger partial charge in [0.25, 0.3) is 5.91 Å². The van der Waals surface area contributed by atoms with Gasteiger partial charge in [0.05, 0.1) is 6.54 Å². The second kappa shape index (κ2) is 4.29. The molecule has 1 unspecified atom stereocenters. The van der Waals surface area contributed by atoms with Gasteiger partial charge in [0.15, 0.2) is 0 Å². The first kappa shape index (κ1) is 11.5. The molecule has 1 heterocycles. The van der Waals surface area contributed by atoms with E-state index in [1.807, 2.05) is 6.92 Å². The number of nitrogens with zero attached hydrogens (tertiary/aromatic N) is 2. The molecule has 4 amide bonds. The molecule has 0 bridgehead atoms. The van der Waals surface area contributed by atoms with Gasteiger partial charge in [-0.3, -0.25) is 14.5 Å². The first-order chi connectivity index (χ1) is 6.99. The van der Waals surface area contributed by atoms with E-state index in [-0.39, 0.29) is 18.4 Å². The molecule has 1 atom stereocenters. The van der Waals surface area contributed by atoms with Crippen LogP contribution < -0.4 is 5.32 Å². The zero-order valence-electron chi connectivity index (χ0n) is 9.11. The van der Waals surface area contributed by atoms with Gasteiger partial charge in [-0.05, 0) is 13.8 Å². The van der Waals surface area contributed by atoms with Crippen molar-refractivity contribution in [3.8, 4) is 0 Å². The highest BCUT2D eigenvalue weighted by Gasteiger charge is 2.36. The quantitative estimate of drug-likeness (QED) is 0.637. The summed E-state index contributed by atoms with van der Waals surface area (Å²) in [6, 6.07) is -1.23. The maximum atomic E-state index is 11.7. The summed E-state index contributed by atoms with van der Waals surface area (Å²) in [5, 5.41) is 2.38. The van der Waals surface area contributed by atoms with E-state index in [0.29, 0.717) is 6.54 Å². The van der Waals surface area contributed by atoms with Gasteiger partial charge in [-0.15, -0.1) is 0 Å². The number of carbonyl (C=O) groups excluding carboxylic acids is 3. The average molecular weight is 213 g/mol. The lowest BCUT2D eigenvalue weighted by molar-refractivity contribution is -0.139. The van der Waals surface area contributed by atoms with Crippen LogP contribution in [-0.2, 0) is 9.59 Å². The fourth-order valence-electron chi connectivity index (χ4n) is 1.41. The third kappa shape index (κ3) is 2.08. The first-order valence-corrected chi connectivity index (χ1v) is 4.84. The predicted octanol–water partition coefficient (Wildman–Crippen LogP) is -0.595. The van der Waals surface area contributed by atoms with Crippen molar-refractivity contribution in [1.82, 2.24) is 15.1 Å². The van der Waals surface area contributed by atoms with Gasteiger partial charge in [0.2, 0.25) is 5.91 Å². The molecule has 0 aromatic heterocycles. The molecule has 6 nitrogen and oxygen atoms in total. The Balaban J connectivity index is 2.75. The highest BCUT2D eigenvalue weighted by atomic mass is 16.2. The topological polar surface area (TPSA) is 69.7 Å². The van der Waals surface area contributed by atoms with Crippen LogP contribution in [0.5, 0.6) is 0 Å². The summed E-state index contributed by atoms with van der Waals surface area (Å²) in [6.45, 7) is 3.91. The van der Waals surface area contributed by atoms with E-state index in [1.54, 1.807) is 14.0 Å². The maximum Gasteiger partial charge on any atom is 0.325 e. The van der Waals surface area contributed by atoms with Gasteiger partial charge in [-0.1, -0.05) is 0 Å². The van der Waals surface area contributed by atoms with E-state index in [0.717, 1.165) is 4.90 Å². The van der Waals surface area contributed by atoms with Gasteiger partial charge in [-0.2, -0.15) is 0 Å². The first-order valence-electron chi connectivity index (χ1n) is 4.84. The van der Waals surface area contributed by atoms with Crippen LogP contribution in [0, 0.1) is 0 Å². The van der Waals surface area contributed by atoms with Crippen LogP contribution in [0.1, 0.15) is 13.8 Å². The number of carbonyl (C=O) groups is 3. The zero-order valence-corrected chi connectivity index (χ0v) is 9.11. The van der Waals surface area contributed by atoms with Crippen molar-refractivity contribution in [3.05, 3.63) is 0 Å². The smallest absolute Gasteiger partial charge is 0.325 e. The normalized spacial score (nSPS) is 17.7. The van der Waals surface area contributed by atoms with Crippen molar-refractivity contribution in [2.24, 2.45) is 0 Å². The Bertz CT molecular complexity index is 287. The molecule has 1 rings (SSSR count). The second-order valence-electron chi connectivity index (χ2n) is 3.45. The summed E-state index contributed by atoms with van der Waals surface area (Å²) in [6.07, 6.45) is 0. The van der Waals surface area contributed by atoms with Crippen molar-refractivity contribution < 1.29 is 14.4 Å². The number of imide groups is 1. The van der Waals surface area contributed by atoms with Gasteiger partial charge >= 0.3 is 6.03 Å². The fourth-order valence-corrected chi connectivity index (χ4v) is 1.41. The molecule has 0 aromatic rings. The van der Waals surface area contributed by atoms with Crippen LogP contribution in [-0.4, -0.2) is 53.8 Å². The highest BCUT2D eigenvalue weighted by Crippen LogP contribution is 2.08. The zero-order chi connectivity index (χ0) is 11.6. The van der Waals surface area contributed by atoms with E-state index in [1.165, 1.54) is 4.90 Å². The molecular formula is C9H15N3O3. The molecule has 0 aliphatic carbocycles. The molecule has 0 radical (unpaired) electrons. The summed E-state index contributed by atoms with van der Waals surface area (Å²) >= 11 is 0. The summed E-state index contributed by atoms with van der Waals surface area (Å²) in [4.78, 5) is 36.7. The van der Waals surface area contributed by atoms with Crippen LogP contribution in [0.15, 0.2) is 0 Å². The third-order valence-electron chi connectivity index (χ3n) is 2.47. The largest absolute Gasteiger partial charge is 0.344 e. The van der Waals surface area contributed by atoms with Gasteiger partial charge in [0.1, 0.15) is 6.04 Å². The molecule has 0 spiro atoms. The van der Waals surface area contributed by atoms with E-state index < -0.39 is 12.1 Å². The molecule has 1 saturated heterocycles. The lowest BCUT2D eigenvalue weighted by Crippen LogP contribution is -2.48. The van der Waals surface area contributed by atoms with Crippen LogP contribution in [0.3, 0.4) is 0 Å². The van der Waals surface area contributed by atoms with E-state index >= 15 is 0 Å². The Hall–Kier alpha value is -1.59. The molecule has 84 valence electrons. The summed E-state index contributed by atoms with van der Waals surface area (Å²) < 4.78 is 0. The van der Waals surface area contributed by atoms with Crippen molar-refractivity contribution in [1.29, 1.82) is 0 Å². The fraction of sp³-hybridized carbons (Fsp3) is 0.667. The Morgan fingerprint density at radius 3 is 2.60 bits per heavy atom. The summed E-state index contributed by atoms with van der Waals surface area (Å²) in [5.74, 6) is -0.590. The minimum absolute atomic E-state index is 0.0215.